The Morgan fingerprint density at radius 1 is 1.25 bits per heavy atom. The van der Waals surface area contributed by atoms with E-state index in [4.69, 9.17) is 9.47 Å². The summed E-state index contributed by atoms with van der Waals surface area (Å²) in [6, 6.07) is 2.57. The Kier molecular flexibility index (Phi) is 7.04. The summed E-state index contributed by atoms with van der Waals surface area (Å²) in [5, 5.41) is 7.23. The maximum Gasteiger partial charge on any atom is 0.321 e. The Morgan fingerprint density at radius 2 is 2.00 bits per heavy atom. The number of hydrogen-bond donors (Lipinski definition) is 2. The van der Waals surface area contributed by atoms with Gasteiger partial charge in [0.15, 0.2) is 5.13 Å². The molecule has 9 heteroatoms. The molecule has 2 rings (SSSR count). The highest BCUT2D eigenvalue weighted by Crippen LogP contribution is 2.16. The van der Waals surface area contributed by atoms with Crippen molar-refractivity contribution in [3.63, 3.8) is 0 Å². The molecule has 2 N–H and O–H groups in total. The van der Waals surface area contributed by atoms with Crippen LogP contribution in [-0.4, -0.2) is 31.3 Å². The van der Waals surface area contributed by atoms with Gasteiger partial charge in [0, 0.05) is 25.1 Å². The summed E-state index contributed by atoms with van der Waals surface area (Å²) >= 11 is 1.25. The molecule has 0 fully saturated rings. The highest BCUT2D eigenvalue weighted by atomic mass is 32.1. The van der Waals surface area contributed by atoms with Gasteiger partial charge in [0.05, 0.1) is 25.5 Å². The van der Waals surface area contributed by atoms with E-state index in [1.165, 1.54) is 11.3 Å². The number of carbonyl (C=O) groups excluding carboxylic acids is 1. The summed E-state index contributed by atoms with van der Waals surface area (Å²) in [6.07, 6.45) is 0. The second kappa shape index (κ2) is 9.26. The number of aromatic nitrogens is 1. The number of amides is 2. The lowest BCUT2D eigenvalue weighted by atomic mass is 10.2. The van der Waals surface area contributed by atoms with E-state index in [0.717, 1.165) is 18.2 Å². The Balaban J connectivity index is 1.77. The Bertz CT molecular complexity index is 661. The van der Waals surface area contributed by atoms with Crippen molar-refractivity contribution in [3.8, 4) is 0 Å². The van der Waals surface area contributed by atoms with E-state index >= 15 is 0 Å². The SMILES string of the molecule is COCCOCc1csc(NC(=O)NCc2cc(F)cc(F)c2)n1. The van der Waals surface area contributed by atoms with Crippen LogP contribution in [0.5, 0.6) is 0 Å². The fraction of sp³-hybridized carbons (Fsp3) is 0.333. The van der Waals surface area contributed by atoms with Gasteiger partial charge in [-0.3, -0.25) is 5.32 Å². The van der Waals surface area contributed by atoms with E-state index < -0.39 is 17.7 Å². The van der Waals surface area contributed by atoms with Gasteiger partial charge in [-0.15, -0.1) is 11.3 Å². The number of hydrogen-bond acceptors (Lipinski definition) is 5. The van der Waals surface area contributed by atoms with E-state index in [2.05, 4.69) is 15.6 Å². The summed E-state index contributed by atoms with van der Waals surface area (Å²) in [4.78, 5) is 16.0. The monoisotopic (exact) mass is 357 g/mol. The lowest BCUT2D eigenvalue weighted by molar-refractivity contribution is 0.0604. The molecule has 1 aromatic heterocycles. The fourth-order valence-corrected chi connectivity index (χ4v) is 2.48. The van der Waals surface area contributed by atoms with Gasteiger partial charge in [-0.25, -0.2) is 18.6 Å². The van der Waals surface area contributed by atoms with Crippen LogP contribution in [0.15, 0.2) is 23.6 Å². The normalized spacial score (nSPS) is 10.6. The largest absolute Gasteiger partial charge is 0.382 e. The first kappa shape index (κ1) is 18.2. The first-order chi connectivity index (χ1) is 11.6. The lowest BCUT2D eigenvalue weighted by Gasteiger charge is -2.06. The van der Waals surface area contributed by atoms with Crippen LogP contribution in [0, 0.1) is 11.6 Å². The number of thiazole rings is 1. The predicted octanol–water partition coefficient (Wildman–Crippen LogP) is 2.91. The predicted molar refractivity (Wildman–Crippen MR) is 85.9 cm³/mol. The molecule has 24 heavy (non-hydrogen) atoms. The third kappa shape index (κ3) is 6.19. The molecular weight excluding hydrogens is 340 g/mol. The smallest absolute Gasteiger partial charge is 0.321 e. The maximum absolute atomic E-state index is 13.1. The second-order valence-corrected chi connectivity index (χ2v) is 5.63. The van der Waals surface area contributed by atoms with Crippen LogP contribution in [-0.2, 0) is 22.6 Å². The third-order valence-corrected chi connectivity index (χ3v) is 3.64. The van der Waals surface area contributed by atoms with Crippen molar-refractivity contribution in [1.82, 2.24) is 10.3 Å². The minimum absolute atomic E-state index is 0.00112. The number of nitrogens with zero attached hydrogens (tertiary/aromatic N) is 1. The van der Waals surface area contributed by atoms with Gasteiger partial charge in [0.25, 0.3) is 0 Å². The molecule has 130 valence electrons. The first-order valence-corrected chi connectivity index (χ1v) is 7.95. The number of nitrogens with one attached hydrogen (secondary N) is 2. The van der Waals surface area contributed by atoms with Crippen LogP contribution in [0.1, 0.15) is 11.3 Å². The molecule has 0 radical (unpaired) electrons. The molecule has 0 aliphatic rings. The van der Waals surface area contributed by atoms with Gasteiger partial charge in [0.1, 0.15) is 11.6 Å². The molecule has 0 unspecified atom stereocenters. The summed E-state index contributed by atoms with van der Waals surface area (Å²) < 4.78 is 36.3. The van der Waals surface area contributed by atoms with Crippen LogP contribution >= 0.6 is 11.3 Å². The Hall–Kier alpha value is -2.10. The van der Waals surface area contributed by atoms with Gasteiger partial charge in [-0.1, -0.05) is 0 Å². The van der Waals surface area contributed by atoms with Crippen molar-refractivity contribution in [2.24, 2.45) is 0 Å². The number of benzene rings is 1. The molecule has 0 aliphatic carbocycles. The molecule has 1 heterocycles. The number of carbonyl (C=O) groups is 1. The molecule has 0 spiro atoms. The van der Waals surface area contributed by atoms with Gasteiger partial charge in [-0.05, 0) is 17.7 Å². The Morgan fingerprint density at radius 3 is 2.71 bits per heavy atom. The first-order valence-electron chi connectivity index (χ1n) is 7.07. The summed E-state index contributed by atoms with van der Waals surface area (Å²) in [6.45, 7) is 1.28. The van der Waals surface area contributed by atoms with E-state index in [9.17, 15) is 13.6 Å². The molecule has 0 aliphatic heterocycles. The van der Waals surface area contributed by atoms with Gasteiger partial charge < -0.3 is 14.8 Å². The van der Waals surface area contributed by atoms with E-state index in [0.29, 0.717) is 36.2 Å². The topological polar surface area (TPSA) is 72.5 Å². The number of ether oxygens (including phenoxy) is 2. The van der Waals surface area contributed by atoms with Crippen LogP contribution in [0.3, 0.4) is 0 Å². The molecule has 0 bridgehead atoms. The average Bonchev–Trinajstić information content (AvgIpc) is 2.96. The van der Waals surface area contributed by atoms with Crippen molar-refractivity contribution in [2.45, 2.75) is 13.2 Å². The van der Waals surface area contributed by atoms with E-state index in [-0.39, 0.29) is 6.54 Å². The second-order valence-electron chi connectivity index (χ2n) is 4.77. The number of halogens is 2. The number of urea groups is 1. The van der Waals surface area contributed by atoms with Crippen LogP contribution in [0.4, 0.5) is 18.7 Å². The quantitative estimate of drug-likeness (QED) is 0.713. The lowest BCUT2D eigenvalue weighted by Crippen LogP contribution is -2.28. The van der Waals surface area contributed by atoms with Crippen molar-refractivity contribution >= 4 is 22.5 Å². The van der Waals surface area contributed by atoms with Crippen molar-refractivity contribution in [3.05, 3.63) is 46.5 Å². The standard InChI is InChI=1S/C15H17F2N3O3S/c1-22-2-3-23-8-13-9-24-15(19-13)20-14(21)18-7-10-4-11(16)6-12(17)5-10/h4-6,9H,2-3,7-8H2,1H3,(H2,18,19,20,21). The molecule has 6 nitrogen and oxygen atoms in total. The van der Waals surface area contributed by atoms with Crippen molar-refractivity contribution in [1.29, 1.82) is 0 Å². The highest BCUT2D eigenvalue weighted by molar-refractivity contribution is 7.13. The van der Waals surface area contributed by atoms with Crippen LogP contribution in [0.25, 0.3) is 0 Å². The summed E-state index contributed by atoms with van der Waals surface area (Å²) in [5.41, 5.74) is 1.02. The van der Waals surface area contributed by atoms with Gasteiger partial charge in [-0.2, -0.15) is 0 Å². The highest BCUT2D eigenvalue weighted by Gasteiger charge is 2.07. The third-order valence-electron chi connectivity index (χ3n) is 2.83. The zero-order chi connectivity index (χ0) is 17.4. The minimum atomic E-state index is -0.690. The molecule has 0 atom stereocenters. The number of rotatable bonds is 8. The van der Waals surface area contributed by atoms with Crippen LogP contribution < -0.4 is 10.6 Å². The van der Waals surface area contributed by atoms with Crippen LogP contribution in [0.2, 0.25) is 0 Å². The molecule has 2 amide bonds. The van der Waals surface area contributed by atoms with Gasteiger partial charge in [0.2, 0.25) is 0 Å². The molecule has 0 saturated carbocycles. The molecule has 1 aromatic carbocycles. The summed E-state index contributed by atoms with van der Waals surface area (Å²) in [5.74, 6) is -1.38. The maximum atomic E-state index is 13.1. The zero-order valence-corrected chi connectivity index (χ0v) is 13.8. The average molecular weight is 357 g/mol. The van der Waals surface area contributed by atoms with Crippen molar-refractivity contribution < 1.29 is 23.0 Å². The van der Waals surface area contributed by atoms with E-state index in [1.54, 1.807) is 12.5 Å². The van der Waals surface area contributed by atoms with Gasteiger partial charge >= 0.3 is 6.03 Å². The molecule has 0 saturated heterocycles. The molecule has 2 aromatic rings. The van der Waals surface area contributed by atoms with E-state index in [1.807, 2.05) is 0 Å². The number of anilines is 1. The Labute approximate surface area is 141 Å². The minimum Gasteiger partial charge on any atom is -0.382 e. The molecular formula is C15H17F2N3O3S. The zero-order valence-electron chi connectivity index (χ0n) is 13.0. The number of methoxy groups -OCH3 is 1. The fourth-order valence-electron chi connectivity index (χ4n) is 1.79. The van der Waals surface area contributed by atoms with Crippen molar-refractivity contribution in [2.75, 3.05) is 25.6 Å². The summed E-state index contributed by atoms with van der Waals surface area (Å²) in [7, 11) is 1.59.